The lowest BCUT2D eigenvalue weighted by Gasteiger charge is -2.34. The van der Waals surface area contributed by atoms with Crippen molar-refractivity contribution in [1.82, 2.24) is 9.80 Å². The number of ether oxygens (including phenoxy) is 1. The molecule has 0 aliphatic carbocycles. The Morgan fingerprint density at radius 3 is 2.29 bits per heavy atom. The molecule has 0 spiro atoms. The van der Waals surface area contributed by atoms with Crippen LogP contribution >= 0.6 is 24.2 Å². The second kappa shape index (κ2) is 12.8. The van der Waals surface area contributed by atoms with Crippen LogP contribution in [0.1, 0.15) is 28.8 Å². The lowest BCUT2D eigenvalue weighted by Crippen LogP contribution is -2.49. The molecule has 2 aromatic rings. The van der Waals surface area contributed by atoms with Crippen LogP contribution in [-0.2, 0) is 20.7 Å². The molecule has 1 unspecified atom stereocenters. The number of amides is 2. The fraction of sp³-hybridized carbons (Fsp3) is 0.400. The van der Waals surface area contributed by atoms with Gasteiger partial charge in [-0.25, -0.2) is 0 Å². The highest BCUT2D eigenvalue weighted by atomic mass is 35.5. The maximum atomic E-state index is 12.9. The van der Waals surface area contributed by atoms with E-state index in [2.05, 4.69) is 27.6 Å². The molecule has 182 valence electrons. The van der Waals surface area contributed by atoms with Crippen molar-refractivity contribution in [1.29, 1.82) is 0 Å². The molecule has 1 heterocycles. The number of carbonyl (C=O) groups is 3. The summed E-state index contributed by atoms with van der Waals surface area (Å²) in [6, 6.07) is 14.8. The number of carbonyl (C=O) groups excluding carboxylic acids is 3. The maximum absolute atomic E-state index is 12.9. The summed E-state index contributed by atoms with van der Waals surface area (Å²) in [5.41, 5.74) is 2.41. The molecule has 0 radical (unpaired) electrons. The number of nitrogens with zero attached hydrogens (tertiary/aromatic N) is 2. The molecule has 1 saturated heterocycles. The van der Waals surface area contributed by atoms with E-state index in [4.69, 9.17) is 11.6 Å². The average Bonchev–Trinajstić information content (AvgIpc) is 2.87. The monoisotopic (exact) mass is 503 g/mol. The van der Waals surface area contributed by atoms with Crippen LogP contribution in [0.15, 0.2) is 48.5 Å². The number of nitrogens with one attached hydrogen (secondary N) is 1. The first-order chi connectivity index (χ1) is 16.4. The van der Waals surface area contributed by atoms with Gasteiger partial charge in [-0.1, -0.05) is 23.7 Å². The molecule has 2 aromatic carbocycles. The average molecular weight is 504 g/mol. The van der Waals surface area contributed by atoms with Gasteiger partial charge in [0.2, 0.25) is 5.91 Å². The summed E-state index contributed by atoms with van der Waals surface area (Å²) in [6.07, 6.45) is 1.36. The minimum Gasteiger partial charge on any atom is -0.469 e. The zero-order chi connectivity index (χ0) is 24.5. The van der Waals surface area contributed by atoms with Gasteiger partial charge < -0.3 is 15.0 Å². The van der Waals surface area contributed by atoms with Crippen molar-refractivity contribution in [3.05, 3.63) is 64.7 Å². The third kappa shape index (κ3) is 7.75. The number of hydrogen-bond donors (Lipinski definition) is 2. The molecule has 0 aromatic heterocycles. The van der Waals surface area contributed by atoms with Crippen LogP contribution < -0.4 is 5.32 Å². The Morgan fingerprint density at radius 1 is 1.03 bits per heavy atom. The third-order valence-corrected chi connectivity index (χ3v) is 6.59. The molecule has 7 nitrogen and oxygen atoms in total. The van der Waals surface area contributed by atoms with Crippen molar-refractivity contribution in [2.45, 2.75) is 24.5 Å². The highest BCUT2D eigenvalue weighted by Crippen LogP contribution is 2.16. The van der Waals surface area contributed by atoms with Crippen molar-refractivity contribution < 1.29 is 19.1 Å². The lowest BCUT2D eigenvalue weighted by molar-refractivity contribution is -0.140. The van der Waals surface area contributed by atoms with Crippen LogP contribution in [0.2, 0.25) is 5.02 Å². The van der Waals surface area contributed by atoms with E-state index in [1.54, 1.807) is 24.3 Å². The van der Waals surface area contributed by atoms with Gasteiger partial charge in [0.15, 0.2) is 0 Å². The number of anilines is 1. The number of hydrogen-bond acceptors (Lipinski definition) is 6. The Balaban J connectivity index is 1.43. The van der Waals surface area contributed by atoms with Crippen LogP contribution in [-0.4, -0.2) is 72.7 Å². The Hall–Kier alpha value is -2.55. The minimum absolute atomic E-state index is 0.0135. The summed E-state index contributed by atoms with van der Waals surface area (Å²) >= 11 is 10.2. The zero-order valence-electron chi connectivity index (χ0n) is 19.2. The molecule has 1 atom stereocenters. The van der Waals surface area contributed by atoms with Crippen molar-refractivity contribution in [3.8, 4) is 0 Å². The first kappa shape index (κ1) is 26.1. The molecule has 0 saturated carbocycles. The predicted octanol–water partition coefficient (Wildman–Crippen LogP) is 3.53. The van der Waals surface area contributed by atoms with E-state index >= 15 is 0 Å². The summed E-state index contributed by atoms with van der Waals surface area (Å²) in [5, 5.41) is 2.87. The van der Waals surface area contributed by atoms with Gasteiger partial charge in [-0.2, -0.15) is 12.6 Å². The molecule has 3 rings (SSSR count). The van der Waals surface area contributed by atoms with Gasteiger partial charge in [0, 0.05) is 55.4 Å². The fourth-order valence-electron chi connectivity index (χ4n) is 3.70. The molecular formula is C25H30ClN3O4S. The summed E-state index contributed by atoms with van der Waals surface area (Å²) in [4.78, 5) is 40.6. The van der Waals surface area contributed by atoms with Crippen LogP contribution in [0.5, 0.6) is 0 Å². The lowest BCUT2D eigenvalue weighted by atomic mass is 10.1. The van der Waals surface area contributed by atoms with Gasteiger partial charge in [-0.3, -0.25) is 19.3 Å². The predicted molar refractivity (Wildman–Crippen MR) is 137 cm³/mol. The molecule has 1 aliphatic heterocycles. The number of benzene rings is 2. The second-order valence-corrected chi connectivity index (χ2v) is 9.27. The summed E-state index contributed by atoms with van der Waals surface area (Å²) in [6.45, 7) is 3.98. The number of esters is 1. The van der Waals surface area contributed by atoms with Crippen LogP contribution in [0, 0.1) is 0 Å². The van der Waals surface area contributed by atoms with Gasteiger partial charge >= 0.3 is 5.97 Å². The summed E-state index contributed by atoms with van der Waals surface area (Å²) in [7, 11) is 1.31. The fourth-order valence-corrected chi connectivity index (χ4v) is 4.02. The standard InChI is InChI=1S/C25H30ClN3O4S/c1-33-23(30)11-10-22(34)24(31)27-21-8-4-19(5-9-21)25(32)29-16-14-28(15-17-29)13-12-18-2-6-20(26)7-3-18/h2-9,22,34H,10-17H2,1H3,(H,27,31). The second-order valence-electron chi connectivity index (χ2n) is 8.21. The third-order valence-electron chi connectivity index (χ3n) is 5.84. The highest BCUT2D eigenvalue weighted by Gasteiger charge is 2.22. The van der Waals surface area contributed by atoms with E-state index in [1.165, 1.54) is 12.7 Å². The zero-order valence-corrected chi connectivity index (χ0v) is 20.9. The first-order valence-corrected chi connectivity index (χ1v) is 12.2. The molecule has 1 N–H and O–H groups in total. The van der Waals surface area contributed by atoms with Gasteiger partial charge in [0.1, 0.15) is 0 Å². The largest absolute Gasteiger partial charge is 0.469 e. The number of thiol groups is 1. The molecule has 34 heavy (non-hydrogen) atoms. The van der Waals surface area contributed by atoms with Crippen molar-refractivity contribution in [2.24, 2.45) is 0 Å². The Morgan fingerprint density at radius 2 is 1.68 bits per heavy atom. The van der Waals surface area contributed by atoms with E-state index in [0.717, 1.165) is 31.1 Å². The van der Waals surface area contributed by atoms with Gasteiger partial charge in [-0.05, 0) is 54.8 Å². The maximum Gasteiger partial charge on any atom is 0.305 e. The molecule has 9 heteroatoms. The summed E-state index contributed by atoms with van der Waals surface area (Å²) < 4.78 is 4.58. The van der Waals surface area contributed by atoms with Crippen molar-refractivity contribution >= 4 is 47.7 Å². The highest BCUT2D eigenvalue weighted by molar-refractivity contribution is 7.81. The van der Waals surface area contributed by atoms with Gasteiger partial charge in [-0.15, -0.1) is 0 Å². The topological polar surface area (TPSA) is 78.9 Å². The van der Waals surface area contributed by atoms with E-state index in [0.29, 0.717) is 24.3 Å². The van der Waals surface area contributed by atoms with E-state index in [1.807, 2.05) is 29.2 Å². The molecule has 1 aliphatic rings. The molecular weight excluding hydrogens is 474 g/mol. The number of piperazine rings is 1. The number of halogens is 1. The van der Waals surface area contributed by atoms with Crippen LogP contribution in [0.4, 0.5) is 5.69 Å². The molecule has 2 amide bonds. The Bertz CT molecular complexity index is 977. The SMILES string of the molecule is COC(=O)CCC(S)C(=O)Nc1ccc(C(=O)N2CCN(CCc3ccc(Cl)cc3)CC2)cc1. The van der Waals surface area contributed by atoms with Crippen molar-refractivity contribution in [3.63, 3.8) is 0 Å². The van der Waals surface area contributed by atoms with Crippen LogP contribution in [0.25, 0.3) is 0 Å². The van der Waals surface area contributed by atoms with Gasteiger partial charge in [0.05, 0.1) is 12.4 Å². The quantitative estimate of drug-likeness (QED) is 0.404. The Labute approximate surface area is 210 Å². The molecule has 1 fully saturated rings. The molecule has 0 bridgehead atoms. The van der Waals surface area contributed by atoms with E-state index in [-0.39, 0.29) is 30.6 Å². The first-order valence-electron chi connectivity index (χ1n) is 11.3. The Kier molecular flexibility index (Phi) is 9.80. The minimum atomic E-state index is -0.628. The number of methoxy groups -OCH3 is 1. The normalized spacial score (nSPS) is 15.0. The number of rotatable bonds is 9. The van der Waals surface area contributed by atoms with Crippen LogP contribution in [0.3, 0.4) is 0 Å². The van der Waals surface area contributed by atoms with Crippen molar-refractivity contribution in [2.75, 3.05) is 45.2 Å². The van der Waals surface area contributed by atoms with Gasteiger partial charge in [0.25, 0.3) is 5.91 Å². The summed E-state index contributed by atoms with van der Waals surface area (Å²) in [5.74, 6) is -0.696. The smallest absolute Gasteiger partial charge is 0.305 e. The van der Waals surface area contributed by atoms with E-state index < -0.39 is 5.25 Å². The van der Waals surface area contributed by atoms with E-state index in [9.17, 15) is 14.4 Å².